The average Bonchev–Trinajstić information content (AvgIpc) is 2.40. The smallest absolute Gasteiger partial charge is 0.312 e. The minimum Gasteiger partial charge on any atom is -0.466 e. The summed E-state index contributed by atoms with van der Waals surface area (Å²) < 4.78 is 5.19. The van der Waals surface area contributed by atoms with Crippen molar-refractivity contribution in [3.8, 4) is 0 Å². The van der Waals surface area contributed by atoms with E-state index in [0.717, 1.165) is 19.5 Å². The molecular weight excluding hydrogens is 228 g/mol. The van der Waals surface area contributed by atoms with Crippen molar-refractivity contribution in [1.29, 1.82) is 0 Å². The molecule has 1 saturated heterocycles. The minimum atomic E-state index is -0.222. The fourth-order valence-electron chi connectivity index (χ4n) is 2.94. The molecule has 1 heterocycles. The Kier molecular flexibility index (Phi) is 6.09. The summed E-state index contributed by atoms with van der Waals surface area (Å²) in [5, 5.41) is 0. The third-order valence-corrected chi connectivity index (χ3v) is 4.35. The molecule has 1 fully saturated rings. The van der Waals surface area contributed by atoms with Crippen LogP contribution in [0.1, 0.15) is 46.5 Å². The highest BCUT2D eigenvalue weighted by molar-refractivity contribution is 5.74. The van der Waals surface area contributed by atoms with Gasteiger partial charge in [-0.15, -0.1) is 0 Å². The van der Waals surface area contributed by atoms with Crippen molar-refractivity contribution in [3.63, 3.8) is 0 Å². The molecule has 4 heteroatoms. The second-order valence-corrected chi connectivity index (χ2v) is 5.30. The van der Waals surface area contributed by atoms with Gasteiger partial charge in [0, 0.05) is 12.1 Å². The van der Waals surface area contributed by atoms with Crippen LogP contribution in [-0.2, 0) is 9.53 Å². The lowest BCUT2D eigenvalue weighted by Crippen LogP contribution is -2.57. The van der Waals surface area contributed by atoms with Gasteiger partial charge in [-0.05, 0) is 46.2 Å². The zero-order valence-electron chi connectivity index (χ0n) is 12.1. The molecule has 0 radical (unpaired) electrons. The molecule has 0 bridgehead atoms. The summed E-state index contributed by atoms with van der Waals surface area (Å²) in [5.74, 6) is -0.365. The Morgan fingerprint density at radius 2 is 1.94 bits per heavy atom. The van der Waals surface area contributed by atoms with Crippen LogP contribution in [0.3, 0.4) is 0 Å². The second kappa shape index (κ2) is 7.10. The van der Waals surface area contributed by atoms with E-state index >= 15 is 0 Å². The Morgan fingerprint density at radius 3 is 2.39 bits per heavy atom. The number of ether oxygens (including phenoxy) is 1. The quantitative estimate of drug-likeness (QED) is 0.736. The topological polar surface area (TPSA) is 55.6 Å². The van der Waals surface area contributed by atoms with E-state index in [9.17, 15) is 4.79 Å². The van der Waals surface area contributed by atoms with E-state index in [1.807, 2.05) is 6.92 Å². The SMILES string of the molecule is CCOC(=O)[C@@H](CN)[C@](C)(CC)N1CCCCC1. The maximum atomic E-state index is 12.1. The van der Waals surface area contributed by atoms with E-state index in [2.05, 4.69) is 18.7 Å². The fraction of sp³-hybridized carbons (Fsp3) is 0.929. The van der Waals surface area contributed by atoms with Gasteiger partial charge in [0.15, 0.2) is 0 Å². The van der Waals surface area contributed by atoms with E-state index in [4.69, 9.17) is 10.5 Å². The van der Waals surface area contributed by atoms with Gasteiger partial charge in [0.2, 0.25) is 0 Å². The zero-order chi connectivity index (χ0) is 13.6. The van der Waals surface area contributed by atoms with Crippen LogP contribution in [-0.4, -0.2) is 42.6 Å². The first kappa shape index (κ1) is 15.4. The van der Waals surface area contributed by atoms with Crippen molar-refractivity contribution in [1.82, 2.24) is 4.90 Å². The molecule has 0 amide bonds. The third kappa shape index (κ3) is 3.23. The van der Waals surface area contributed by atoms with Crippen molar-refractivity contribution in [2.24, 2.45) is 11.7 Å². The van der Waals surface area contributed by atoms with Gasteiger partial charge < -0.3 is 10.5 Å². The van der Waals surface area contributed by atoms with Gasteiger partial charge in [-0.2, -0.15) is 0 Å². The summed E-state index contributed by atoms with van der Waals surface area (Å²) in [6.45, 7) is 9.06. The molecule has 0 aliphatic carbocycles. The summed E-state index contributed by atoms with van der Waals surface area (Å²) in [6, 6.07) is 0. The van der Waals surface area contributed by atoms with Gasteiger partial charge >= 0.3 is 5.97 Å². The Balaban J connectivity index is 2.84. The number of carbonyl (C=O) groups excluding carboxylic acids is 1. The molecule has 2 N–H and O–H groups in total. The van der Waals surface area contributed by atoms with Gasteiger partial charge in [0.05, 0.1) is 12.5 Å². The van der Waals surface area contributed by atoms with Gasteiger partial charge in [-0.1, -0.05) is 13.3 Å². The van der Waals surface area contributed by atoms with Crippen LogP contribution in [0.5, 0.6) is 0 Å². The van der Waals surface area contributed by atoms with Crippen LogP contribution in [0.15, 0.2) is 0 Å². The van der Waals surface area contributed by atoms with Crippen LogP contribution < -0.4 is 5.73 Å². The van der Waals surface area contributed by atoms with E-state index in [1.54, 1.807) is 0 Å². The van der Waals surface area contributed by atoms with Crippen LogP contribution in [0.25, 0.3) is 0 Å². The van der Waals surface area contributed by atoms with Crippen LogP contribution >= 0.6 is 0 Å². The highest BCUT2D eigenvalue weighted by Crippen LogP contribution is 2.31. The normalized spacial score (nSPS) is 22.2. The number of hydrogen-bond acceptors (Lipinski definition) is 4. The number of likely N-dealkylation sites (tertiary alicyclic amines) is 1. The van der Waals surface area contributed by atoms with Crippen LogP contribution in [0, 0.1) is 5.92 Å². The van der Waals surface area contributed by atoms with E-state index < -0.39 is 0 Å². The lowest BCUT2D eigenvalue weighted by atomic mass is 9.80. The zero-order valence-corrected chi connectivity index (χ0v) is 12.1. The standard InChI is InChI=1S/C14H28N2O2/c1-4-14(3,16-9-7-6-8-10-16)12(11-15)13(17)18-5-2/h12H,4-11,15H2,1-3H3/t12-,14+/m1/s1. The van der Waals surface area contributed by atoms with Gasteiger partial charge in [0.1, 0.15) is 0 Å². The summed E-state index contributed by atoms with van der Waals surface area (Å²) in [4.78, 5) is 14.5. The average molecular weight is 256 g/mol. The van der Waals surface area contributed by atoms with E-state index in [0.29, 0.717) is 13.2 Å². The number of nitrogens with two attached hydrogens (primary N) is 1. The molecule has 4 nitrogen and oxygen atoms in total. The lowest BCUT2D eigenvalue weighted by molar-refractivity contribution is -0.154. The number of hydrogen-bond donors (Lipinski definition) is 1. The molecule has 0 aromatic heterocycles. The van der Waals surface area contributed by atoms with E-state index in [-0.39, 0.29) is 17.4 Å². The Labute approximate surface area is 111 Å². The first-order chi connectivity index (χ1) is 8.60. The van der Waals surface area contributed by atoms with Crippen molar-refractivity contribution < 1.29 is 9.53 Å². The summed E-state index contributed by atoms with van der Waals surface area (Å²) in [7, 11) is 0. The van der Waals surface area contributed by atoms with Crippen molar-refractivity contribution >= 4 is 5.97 Å². The minimum absolute atomic E-state index is 0.144. The van der Waals surface area contributed by atoms with Crippen molar-refractivity contribution in [3.05, 3.63) is 0 Å². The molecule has 1 aliphatic heterocycles. The third-order valence-electron chi connectivity index (χ3n) is 4.35. The predicted octanol–water partition coefficient (Wildman–Crippen LogP) is 1.78. The Morgan fingerprint density at radius 1 is 1.33 bits per heavy atom. The van der Waals surface area contributed by atoms with Crippen LogP contribution in [0.2, 0.25) is 0 Å². The molecule has 1 rings (SSSR count). The van der Waals surface area contributed by atoms with Crippen molar-refractivity contribution in [2.45, 2.75) is 52.0 Å². The molecule has 0 aromatic rings. The maximum Gasteiger partial charge on any atom is 0.312 e. The van der Waals surface area contributed by atoms with Crippen molar-refractivity contribution in [2.75, 3.05) is 26.2 Å². The maximum absolute atomic E-state index is 12.1. The number of nitrogens with zero attached hydrogens (tertiary/aromatic N) is 1. The molecule has 1 aliphatic rings. The first-order valence-electron chi connectivity index (χ1n) is 7.21. The molecule has 0 unspecified atom stereocenters. The van der Waals surface area contributed by atoms with Gasteiger partial charge in [-0.3, -0.25) is 9.69 Å². The number of carbonyl (C=O) groups is 1. The molecule has 18 heavy (non-hydrogen) atoms. The molecule has 0 saturated carbocycles. The Hall–Kier alpha value is -0.610. The Bertz CT molecular complexity index is 265. The first-order valence-corrected chi connectivity index (χ1v) is 7.21. The van der Waals surface area contributed by atoms with Crippen LogP contribution in [0.4, 0.5) is 0 Å². The largest absolute Gasteiger partial charge is 0.466 e. The monoisotopic (exact) mass is 256 g/mol. The predicted molar refractivity (Wildman–Crippen MR) is 73.3 cm³/mol. The van der Waals surface area contributed by atoms with E-state index in [1.165, 1.54) is 19.3 Å². The molecule has 106 valence electrons. The number of esters is 1. The second-order valence-electron chi connectivity index (χ2n) is 5.30. The molecule has 0 aromatic carbocycles. The highest BCUT2D eigenvalue weighted by Gasteiger charge is 2.42. The molecule has 2 atom stereocenters. The fourth-order valence-corrected chi connectivity index (χ4v) is 2.94. The highest BCUT2D eigenvalue weighted by atomic mass is 16.5. The molecular formula is C14H28N2O2. The van der Waals surface area contributed by atoms with Gasteiger partial charge in [0.25, 0.3) is 0 Å². The van der Waals surface area contributed by atoms with Gasteiger partial charge in [-0.25, -0.2) is 0 Å². The summed E-state index contributed by atoms with van der Waals surface area (Å²) in [5.41, 5.74) is 5.68. The number of piperidine rings is 1. The summed E-state index contributed by atoms with van der Waals surface area (Å²) in [6.07, 6.45) is 4.65. The molecule has 0 spiro atoms. The number of rotatable bonds is 6. The summed E-state index contributed by atoms with van der Waals surface area (Å²) >= 11 is 0. The lowest BCUT2D eigenvalue weighted by Gasteiger charge is -2.46.